The first-order chi connectivity index (χ1) is 9.03. The third kappa shape index (κ3) is 3.32. The number of methoxy groups -OCH3 is 1. The van der Waals surface area contributed by atoms with E-state index in [1.165, 1.54) is 19.4 Å². The Morgan fingerprint density at radius 2 is 2.11 bits per heavy atom. The van der Waals surface area contributed by atoms with Crippen molar-refractivity contribution in [2.45, 2.75) is 36.8 Å². The normalized spacial score (nSPS) is 24.1. The molecule has 1 saturated carbocycles. The van der Waals surface area contributed by atoms with E-state index in [4.69, 9.17) is 4.74 Å². The van der Waals surface area contributed by atoms with Crippen LogP contribution < -0.4 is 4.72 Å². The van der Waals surface area contributed by atoms with Gasteiger partial charge < -0.3 is 4.74 Å². The van der Waals surface area contributed by atoms with E-state index in [0.717, 1.165) is 0 Å². The van der Waals surface area contributed by atoms with E-state index in [0.29, 0.717) is 25.7 Å². The molecule has 1 aromatic rings. The molecular formula is C11H17N3O4S. The maximum Gasteiger partial charge on any atom is 0.308 e. The molecule has 106 valence electrons. The average molecular weight is 287 g/mol. The monoisotopic (exact) mass is 287 g/mol. The zero-order chi connectivity index (χ0) is 13.9. The molecule has 1 aliphatic rings. The van der Waals surface area contributed by atoms with Gasteiger partial charge in [0.05, 0.1) is 19.2 Å². The fourth-order valence-electron chi connectivity index (χ4n) is 2.29. The zero-order valence-corrected chi connectivity index (χ0v) is 11.4. The van der Waals surface area contributed by atoms with Crippen LogP contribution in [-0.2, 0) is 19.6 Å². The Morgan fingerprint density at radius 1 is 1.42 bits per heavy atom. The van der Waals surface area contributed by atoms with Crippen LogP contribution in [0.25, 0.3) is 0 Å². The van der Waals surface area contributed by atoms with Crippen LogP contribution in [0.3, 0.4) is 0 Å². The lowest BCUT2D eigenvalue weighted by molar-refractivity contribution is -0.146. The molecule has 0 aromatic carbocycles. The Kier molecular flexibility index (Phi) is 4.20. The van der Waals surface area contributed by atoms with Crippen LogP contribution in [0.15, 0.2) is 17.3 Å². The van der Waals surface area contributed by atoms with Gasteiger partial charge in [-0.15, -0.1) is 0 Å². The summed E-state index contributed by atoms with van der Waals surface area (Å²) in [4.78, 5) is 11.4. The van der Waals surface area contributed by atoms with Crippen molar-refractivity contribution in [3.63, 3.8) is 0 Å². The van der Waals surface area contributed by atoms with E-state index in [1.54, 1.807) is 0 Å². The Labute approximate surface area is 111 Å². The molecule has 0 aliphatic heterocycles. The van der Waals surface area contributed by atoms with Gasteiger partial charge in [-0.3, -0.25) is 9.89 Å². The first-order valence-corrected chi connectivity index (χ1v) is 7.61. The van der Waals surface area contributed by atoms with Crippen LogP contribution in [0.1, 0.15) is 25.7 Å². The molecule has 19 heavy (non-hydrogen) atoms. The first-order valence-electron chi connectivity index (χ1n) is 6.12. The number of hydrogen-bond donors (Lipinski definition) is 2. The molecule has 1 aromatic heterocycles. The lowest BCUT2D eigenvalue weighted by Gasteiger charge is -2.27. The highest BCUT2D eigenvalue weighted by atomic mass is 32.2. The molecule has 0 saturated heterocycles. The van der Waals surface area contributed by atoms with Crippen molar-refractivity contribution in [1.82, 2.24) is 14.9 Å². The molecule has 0 atom stereocenters. The van der Waals surface area contributed by atoms with Gasteiger partial charge in [-0.2, -0.15) is 5.10 Å². The second-order valence-electron chi connectivity index (χ2n) is 4.61. The Hall–Kier alpha value is -1.41. The van der Waals surface area contributed by atoms with Crippen molar-refractivity contribution >= 4 is 16.0 Å². The molecule has 1 aliphatic carbocycles. The van der Waals surface area contributed by atoms with E-state index in [1.807, 2.05) is 0 Å². The van der Waals surface area contributed by atoms with Gasteiger partial charge in [0.1, 0.15) is 0 Å². The van der Waals surface area contributed by atoms with Gasteiger partial charge in [-0.1, -0.05) is 0 Å². The molecule has 0 amide bonds. The predicted molar refractivity (Wildman–Crippen MR) is 66.7 cm³/mol. The number of ether oxygens (including phenoxy) is 1. The predicted octanol–water partition coefficient (Wildman–Crippen LogP) is 0.420. The summed E-state index contributed by atoms with van der Waals surface area (Å²) in [5.74, 6) is -0.326. The van der Waals surface area contributed by atoms with E-state index in [-0.39, 0.29) is 23.0 Å². The second-order valence-corrected chi connectivity index (χ2v) is 6.30. The highest BCUT2D eigenvalue weighted by molar-refractivity contribution is 7.89. The number of nitrogens with one attached hydrogen (secondary N) is 2. The Morgan fingerprint density at radius 3 is 2.63 bits per heavy atom. The van der Waals surface area contributed by atoms with Crippen LogP contribution in [0, 0.1) is 5.92 Å². The van der Waals surface area contributed by atoms with E-state index < -0.39 is 10.0 Å². The van der Waals surface area contributed by atoms with Gasteiger partial charge in [-0.25, -0.2) is 13.1 Å². The molecule has 0 radical (unpaired) electrons. The lowest BCUT2D eigenvalue weighted by atomic mass is 9.86. The molecular weight excluding hydrogens is 270 g/mol. The summed E-state index contributed by atoms with van der Waals surface area (Å²) in [6.07, 6.45) is 3.94. The maximum absolute atomic E-state index is 12.0. The molecule has 1 fully saturated rings. The fraction of sp³-hybridized carbons (Fsp3) is 0.636. The molecule has 1 heterocycles. The van der Waals surface area contributed by atoms with E-state index in [2.05, 4.69) is 14.9 Å². The zero-order valence-electron chi connectivity index (χ0n) is 10.6. The van der Waals surface area contributed by atoms with Gasteiger partial charge in [0.25, 0.3) is 10.0 Å². The molecule has 7 nitrogen and oxygen atoms in total. The topological polar surface area (TPSA) is 101 Å². The Bertz CT molecular complexity index is 518. The smallest absolute Gasteiger partial charge is 0.308 e. The van der Waals surface area contributed by atoms with Crippen LogP contribution >= 0.6 is 0 Å². The molecule has 8 heteroatoms. The molecule has 2 rings (SSSR count). The summed E-state index contributed by atoms with van der Waals surface area (Å²) < 4.78 is 31.2. The number of rotatable bonds is 4. The number of H-pyrrole nitrogens is 1. The highest BCUT2D eigenvalue weighted by Crippen LogP contribution is 2.26. The van der Waals surface area contributed by atoms with Crippen molar-refractivity contribution in [3.8, 4) is 0 Å². The maximum atomic E-state index is 12.0. The van der Waals surface area contributed by atoms with Gasteiger partial charge in [0.2, 0.25) is 0 Å². The minimum atomic E-state index is -3.54. The van der Waals surface area contributed by atoms with Crippen molar-refractivity contribution in [2.75, 3.05) is 7.11 Å². The molecule has 2 N–H and O–H groups in total. The number of nitrogens with zero attached hydrogens (tertiary/aromatic N) is 1. The van der Waals surface area contributed by atoms with Crippen molar-refractivity contribution in [3.05, 3.63) is 12.3 Å². The number of aromatic nitrogens is 2. The summed E-state index contributed by atoms with van der Waals surface area (Å²) in [6, 6.07) is 1.26. The molecule has 0 bridgehead atoms. The number of carbonyl (C=O) groups is 1. The third-order valence-electron chi connectivity index (χ3n) is 3.35. The fourth-order valence-corrected chi connectivity index (χ4v) is 3.50. The summed E-state index contributed by atoms with van der Waals surface area (Å²) in [7, 11) is -2.17. The largest absolute Gasteiger partial charge is 0.469 e. The Balaban J connectivity index is 1.91. The summed E-state index contributed by atoms with van der Waals surface area (Å²) in [5.41, 5.74) is 0. The summed E-state index contributed by atoms with van der Waals surface area (Å²) in [5, 5.41) is 6.11. The minimum absolute atomic E-state index is 0.0580. The van der Waals surface area contributed by atoms with Gasteiger partial charge in [-0.05, 0) is 31.7 Å². The summed E-state index contributed by atoms with van der Waals surface area (Å²) >= 11 is 0. The van der Waals surface area contributed by atoms with E-state index >= 15 is 0 Å². The number of hydrogen-bond acceptors (Lipinski definition) is 5. The van der Waals surface area contributed by atoms with Gasteiger partial charge in [0.15, 0.2) is 5.03 Å². The SMILES string of the molecule is COC(=O)C1CCC(NS(=O)(=O)c2ccn[nH]2)CC1. The van der Waals surface area contributed by atoms with E-state index in [9.17, 15) is 13.2 Å². The van der Waals surface area contributed by atoms with Crippen LogP contribution in [-0.4, -0.2) is 37.7 Å². The average Bonchev–Trinajstić information content (AvgIpc) is 2.93. The molecule has 0 unspecified atom stereocenters. The molecule has 0 spiro atoms. The standard InChI is InChI=1S/C11H17N3O4S/c1-18-11(15)8-2-4-9(5-3-8)14-19(16,17)10-6-7-12-13-10/h6-9,14H,2-5H2,1H3,(H,12,13). The minimum Gasteiger partial charge on any atom is -0.469 e. The van der Waals surface area contributed by atoms with Crippen molar-refractivity contribution < 1.29 is 17.9 Å². The van der Waals surface area contributed by atoms with Crippen molar-refractivity contribution in [1.29, 1.82) is 0 Å². The first kappa shape index (κ1) is 14.0. The number of sulfonamides is 1. The highest BCUT2D eigenvalue weighted by Gasteiger charge is 2.29. The van der Waals surface area contributed by atoms with Crippen molar-refractivity contribution in [2.24, 2.45) is 5.92 Å². The number of esters is 1. The summed E-state index contributed by atoms with van der Waals surface area (Å²) in [6.45, 7) is 0. The lowest BCUT2D eigenvalue weighted by Crippen LogP contribution is -2.39. The van der Waals surface area contributed by atoms with Crippen LogP contribution in [0.5, 0.6) is 0 Å². The number of carbonyl (C=O) groups excluding carboxylic acids is 1. The van der Waals surface area contributed by atoms with Crippen LogP contribution in [0.2, 0.25) is 0 Å². The second kappa shape index (κ2) is 5.70. The quantitative estimate of drug-likeness (QED) is 0.782. The van der Waals surface area contributed by atoms with Gasteiger partial charge in [0, 0.05) is 6.04 Å². The number of aromatic amines is 1. The third-order valence-corrected chi connectivity index (χ3v) is 4.80. The van der Waals surface area contributed by atoms with Gasteiger partial charge >= 0.3 is 5.97 Å². The van der Waals surface area contributed by atoms with Crippen LogP contribution in [0.4, 0.5) is 0 Å².